The van der Waals surface area contributed by atoms with E-state index in [0.717, 1.165) is 16.6 Å². The zero-order valence-corrected chi connectivity index (χ0v) is 15.3. The Morgan fingerprint density at radius 1 is 1.27 bits per heavy atom. The molecule has 138 valence electrons. The number of methoxy groups -OCH3 is 1. The molecule has 0 saturated carbocycles. The standard InChI is InChI=1S/C19H23N3O4/c1-19(2,3)26-18(24)15-10-11(7-8-20-15)16-13-9-12(17(23)25-4)5-6-14(13)21-22-16/h5-9,11,15,20H,10H2,1-4H3,(H,21,22). The van der Waals surface area contributed by atoms with Crippen molar-refractivity contribution in [3.8, 4) is 0 Å². The predicted octanol–water partition coefficient (Wildman–Crippen LogP) is 2.65. The third-order valence-corrected chi connectivity index (χ3v) is 4.18. The molecule has 0 aliphatic carbocycles. The van der Waals surface area contributed by atoms with E-state index in [4.69, 9.17) is 9.47 Å². The zero-order valence-electron chi connectivity index (χ0n) is 15.3. The van der Waals surface area contributed by atoms with Crippen molar-refractivity contribution in [2.75, 3.05) is 7.11 Å². The van der Waals surface area contributed by atoms with Gasteiger partial charge in [-0.05, 0) is 51.6 Å². The molecular weight excluding hydrogens is 334 g/mol. The van der Waals surface area contributed by atoms with Crippen LogP contribution in [0.3, 0.4) is 0 Å². The quantitative estimate of drug-likeness (QED) is 0.821. The Balaban J connectivity index is 1.87. The average molecular weight is 357 g/mol. The number of esters is 2. The smallest absolute Gasteiger partial charge is 0.337 e. The Morgan fingerprint density at radius 2 is 2.04 bits per heavy atom. The van der Waals surface area contributed by atoms with Crippen LogP contribution in [-0.2, 0) is 14.3 Å². The summed E-state index contributed by atoms with van der Waals surface area (Å²) in [6.07, 6.45) is 4.27. The van der Waals surface area contributed by atoms with E-state index in [2.05, 4.69) is 15.5 Å². The number of carbonyl (C=O) groups is 2. The Labute approximate surface area is 151 Å². The largest absolute Gasteiger partial charge is 0.465 e. The molecule has 0 amide bonds. The second kappa shape index (κ2) is 6.82. The van der Waals surface area contributed by atoms with Gasteiger partial charge in [0.1, 0.15) is 11.6 Å². The van der Waals surface area contributed by atoms with Crippen molar-refractivity contribution in [3.05, 3.63) is 41.7 Å². The molecule has 7 heteroatoms. The number of hydrogen-bond acceptors (Lipinski definition) is 6. The summed E-state index contributed by atoms with van der Waals surface area (Å²) in [5, 5.41) is 11.2. The molecule has 1 aliphatic rings. The highest BCUT2D eigenvalue weighted by Crippen LogP contribution is 2.31. The van der Waals surface area contributed by atoms with Crippen LogP contribution in [0.1, 0.15) is 49.2 Å². The maximum atomic E-state index is 12.4. The molecule has 7 nitrogen and oxygen atoms in total. The molecule has 1 aromatic carbocycles. The molecule has 0 radical (unpaired) electrons. The fraction of sp³-hybridized carbons (Fsp3) is 0.421. The van der Waals surface area contributed by atoms with Gasteiger partial charge in [-0.2, -0.15) is 5.10 Å². The lowest BCUT2D eigenvalue weighted by Gasteiger charge is -2.28. The molecule has 3 rings (SSSR count). The third kappa shape index (κ3) is 3.71. The van der Waals surface area contributed by atoms with Gasteiger partial charge in [-0.15, -0.1) is 0 Å². The van der Waals surface area contributed by atoms with E-state index in [9.17, 15) is 9.59 Å². The topological polar surface area (TPSA) is 93.3 Å². The van der Waals surface area contributed by atoms with Crippen LogP contribution in [-0.4, -0.2) is 40.9 Å². The summed E-state index contributed by atoms with van der Waals surface area (Å²) in [6, 6.07) is 4.78. The lowest BCUT2D eigenvalue weighted by atomic mass is 9.91. The molecule has 2 atom stereocenters. The number of benzene rings is 1. The van der Waals surface area contributed by atoms with Crippen molar-refractivity contribution in [1.29, 1.82) is 0 Å². The first kappa shape index (κ1) is 18.0. The van der Waals surface area contributed by atoms with Crippen LogP contribution in [0.2, 0.25) is 0 Å². The summed E-state index contributed by atoms with van der Waals surface area (Å²) in [5.41, 5.74) is 1.54. The number of nitrogens with zero attached hydrogens (tertiary/aromatic N) is 1. The van der Waals surface area contributed by atoms with E-state index in [1.54, 1.807) is 24.4 Å². The van der Waals surface area contributed by atoms with Gasteiger partial charge < -0.3 is 14.8 Å². The van der Waals surface area contributed by atoms with Gasteiger partial charge in [0.2, 0.25) is 0 Å². The highest BCUT2D eigenvalue weighted by molar-refractivity contribution is 5.95. The first-order valence-corrected chi connectivity index (χ1v) is 8.50. The normalized spacial score (nSPS) is 19.8. The molecule has 0 fully saturated rings. The van der Waals surface area contributed by atoms with Crippen LogP contribution < -0.4 is 5.32 Å². The number of H-pyrrole nitrogens is 1. The van der Waals surface area contributed by atoms with Gasteiger partial charge in [-0.3, -0.25) is 5.10 Å². The van der Waals surface area contributed by atoms with Crippen LogP contribution in [0, 0.1) is 0 Å². The van der Waals surface area contributed by atoms with Gasteiger partial charge in [-0.1, -0.05) is 6.08 Å². The van der Waals surface area contributed by atoms with Crippen molar-refractivity contribution in [1.82, 2.24) is 15.5 Å². The molecule has 2 unspecified atom stereocenters. The van der Waals surface area contributed by atoms with Crippen molar-refractivity contribution < 1.29 is 19.1 Å². The fourth-order valence-corrected chi connectivity index (χ4v) is 3.00. The Morgan fingerprint density at radius 3 is 2.73 bits per heavy atom. The molecular formula is C19H23N3O4. The lowest BCUT2D eigenvalue weighted by molar-refractivity contribution is -0.157. The highest BCUT2D eigenvalue weighted by atomic mass is 16.6. The predicted molar refractivity (Wildman–Crippen MR) is 96.7 cm³/mol. The maximum absolute atomic E-state index is 12.4. The van der Waals surface area contributed by atoms with Crippen molar-refractivity contribution in [2.24, 2.45) is 0 Å². The molecule has 2 heterocycles. The number of aromatic amines is 1. The fourth-order valence-electron chi connectivity index (χ4n) is 3.00. The summed E-state index contributed by atoms with van der Waals surface area (Å²) in [5.74, 6) is -0.732. The highest BCUT2D eigenvalue weighted by Gasteiger charge is 2.30. The van der Waals surface area contributed by atoms with Crippen LogP contribution >= 0.6 is 0 Å². The molecule has 0 spiro atoms. The summed E-state index contributed by atoms with van der Waals surface area (Å²) < 4.78 is 10.3. The van der Waals surface area contributed by atoms with Crippen molar-refractivity contribution in [2.45, 2.75) is 44.8 Å². The number of rotatable bonds is 3. The molecule has 1 aromatic heterocycles. The minimum Gasteiger partial charge on any atom is -0.465 e. The minimum atomic E-state index is -0.536. The second-order valence-corrected chi connectivity index (χ2v) is 7.31. The Kier molecular flexibility index (Phi) is 4.71. The van der Waals surface area contributed by atoms with E-state index >= 15 is 0 Å². The number of carbonyl (C=O) groups excluding carboxylic acids is 2. The monoisotopic (exact) mass is 357 g/mol. The average Bonchev–Trinajstić information content (AvgIpc) is 3.02. The Hall–Kier alpha value is -2.83. The van der Waals surface area contributed by atoms with Gasteiger partial charge in [0.25, 0.3) is 0 Å². The third-order valence-electron chi connectivity index (χ3n) is 4.18. The first-order chi connectivity index (χ1) is 12.3. The van der Waals surface area contributed by atoms with E-state index in [0.29, 0.717) is 12.0 Å². The van der Waals surface area contributed by atoms with Crippen molar-refractivity contribution >= 4 is 22.8 Å². The number of ether oxygens (including phenoxy) is 2. The van der Waals surface area contributed by atoms with Gasteiger partial charge in [0.15, 0.2) is 0 Å². The molecule has 0 bridgehead atoms. The van der Waals surface area contributed by atoms with Crippen LogP contribution in [0.25, 0.3) is 10.9 Å². The van der Waals surface area contributed by atoms with Gasteiger partial charge in [0.05, 0.1) is 23.9 Å². The van der Waals surface area contributed by atoms with Gasteiger partial charge >= 0.3 is 11.9 Å². The maximum Gasteiger partial charge on any atom is 0.337 e. The number of hydrogen-bond donors (Lipinski definition) is 2. The molecule has 2 N–H and O–H groups in total. The number of fused-ring (bicyclic) bond motifs is 1. The van der Waals surface area contributed by atoms with Gasteiger partial charge in [0, 0.05) is 11.3 Å². The van der Waals surface area contributed by atoms with E-state index < -0.39 is 17.6 Å². The molecule has 26 heavy (non-hydrogen) atoms. The summed E-state index contributed by atoms with van der Waals surface area (Å²) in [4.78, 5) is 24.2. The summed E-state index contributed by atoms with van der Waals surface area (Å²) in [6.45, 7) is 5.54. The first-order valence-electron chi connectivity index (χ1n) is 8.50. The SMILES string of the molecule is COC(=O)c1ccc2n[nH]c(C3C=CNC(C(=O)OC(C)(C)C)C3)c2c1. The molecule has 1 aliphatic heterocycles. The number of allylic oxidation sites excluding steroid dienone is 1. The summed E-state index contributed by atoms with van der Waals surface area (Å²) >= 11 is 0. The van der Waals surface area contributed by atoms with Crippen LogP contribution in [0.4, 0.5) is 0 Å². The molecule has 2 aromatic rings. The van der Waals surface area contributed by atoms with E-state index in [1.807, 2.05) is 26.8 Å². The van der Waals surface area contributed by atoms with E-state index in [-0.39, 0.29) is 11.9 Å². The molecule has 0 saturated heterocycles. The van der Waals surface area contributed by atoms with Gasteiger partial charge in [-0.25, -0.2) is 9.59 Å². The number of nitrogens with one attached hydrogen (secondary N) is 2. The summed E-state index contributed by atoms with van der Waals surface area (Å²) in [7, 11) is 1.35. The zero-order chi connectivity index (χ0) is 18.9. The Bertz CT molecular complexity index is 863. The van der Waals surface area contributed by atoms with Crippen LogP contribution in [0.5, 0.6) is 0 Å². The lowest BCUT2D eigenvalue weighted by Crippen LogP contribution is -2.41. The van der Waals surface area contributed by atoms with Crippen LogP contribution in [0.15, 0.2) is 30.5 Å². The van der Waals surface area contributed by atoms with E-state index in [1.165, 1.54) is 7.11 Å². The minimum absolute atomic E-state index is 0.0494. The van der Waals surface area contributed by atoms with Crippen molar-refractivity contribution in [3.63, 3.8) is 0 Å². The number of aromatic nitrogens is 2. The second-order valence-electron chi connectivity index (χ2n) is 7.31.